The number of nitrogens with one attached hydrogen (secondary N) is 2. The van der Waals surface area contributed by atoms with E-state index in [0.29, 0.717) is 27.8 Å². The third-order valence-electron chi connectivity index (χ3n) is 5.57. The molecule has 1 aromatic heterocycles. The molecule has 1 aliphatic rings. The van der Waals surface area contributed by atoms with Gasteiger partial charge < -0.3 is 15.2 Å². The van der Waals surface area contributed by atoms with E-state index in [-0.39, 0.29) is 11.8 Å². The monoisotopic (exact) mass is 409 g/mol. The Morgan fingerprint density at radius 2 is 1.97 bits per heavy atom. The molecular formula is C23H24ClN3O2. The van der Waals surface area contributed by atoms with Crippen LogP contribution in [-0.4, -0.2) is 35.8 Å². The number of H-pyrrole nitrogens is 1. The molecule has 2 aromatic carbocycles. The van der Waals surface area contributed by atoms with Gasteiger partial charge in [0.15, 0.2) is 0 Å². The van der Waals surface area contributed by atoms with Crippen molar-refractivity contribution < 1.29 is 9.59 Å². The van der Waals surface area contributed by atoms with Crippen molar-refractivity contribution in [2.75, 3.05) is 19.4 Å². The van der Waals surface area contributed by atoms with Gasteiger partial charge in [-0.2, -0.15) is 0 Å². The first-order valence-electron chi connectivity index (χ1n) is 9.80. The third kappa shape index (κ3) is 3.62. The van der Waals surface area contributed by atoms with Crippen molar-refractivity contribution in [3.63, 3.8) is 0 Å². The zero-order chi connectivity index (χ0) is 20.7. The van der Waals surface area contributed by atoms with Crippen LogP contribution in [0.1, 0.15) is 45.3 Å². The number of amides is 2. The fraction of sp³-hybridized carbons (Fsp3) is 0.304. The summed E-state index contributed by atoms with van der Waals surface area (Å²) in [5.41, 5.74) is 4.94. The summed E-state index contributed by atoms with van der Waals surface area (Å²) in [6.45, 7) is 2.27. The van der Waals surface area contributed by atoms with Crippen molar-refractivity contribution >= 4 is 40.0 Å². The molecule has 1 heterocycles. The molecule has 1 atom stereocenters. The molecule has 0 bridgehead atoms. The number of para-hydroxylation sites is 1. The minimum atomic E-state index is -0.215. The number of carbonyl (C=O) groups is 2. The van der Waals surface area contributed by atoms with Gasteiger partial charge in [0, 0.05) is 30.9 Å². The van der Waals surface area contributed by atoms with Crippen LogP contribution in [0.3, 0.4) is 0 Å². The molecule has 1 aliphatic carbocycles. The van der Waals surface area contributed by atoms with Crippen molar-refractivity contribution in [1.82, 2.24) is 9.88 Å². The third-order valence-corrected chi connectivity index (χ3v) is 5.90. The van der Waals surface area contributed by atoms with Crippen LogP contribution in [0, 0.1) is 5.92 Å². The highest BCUT2D eigenvalue weighted by molar-refractivity contribution is 6.34. The lowest BCUT2D eigenvalue weighted by Gasteiger charge is -2.17. The molecular weight excluding hydrogens is 386 g/mol. The molecule has 5 nitrogen and oxygen atoms in total. The van der Waals surface area contributed by atoms with Crippen LogP contribution in [0.4, 0.5) is 5.69 Å². The van der Waals surface area contributed by atoms with Crippen LogP contribution in [-0.2, 0) is 12.8 Å². The Bertz CT molecular complexity index is 1120. The highest BCUT2D eigenvalue weighted by atomic mass is 35.5. The summed E-state index contributed by atoms with van der Waals surface area (Å²) in [5.74, 6) is 0.230. The van der Waals surface area contributed by atoms with Crippen molar-refractivity contribution in [2.24, 2.45) is 5.92 Å². The van der Waals surface area contributed by atoms with Crippen LogP contribution < -0.4 is 5.32 Å². The zero-order valence-electron chi connectivity index (χ0n) is 16.8. The standard InChI is InChI=1S/C23H24ClN3O2/c1-13-7-10-20-17(11-13)15-5-4-6-16(21(15)26-20)22(28)25-14-8-9-19(24)18(12-14)23(29)27(2)3/h4-6,8-9,12-13,26H,7,10-11H2,1-3H3,(H,25,28). The summed E-state index contributed by atoms with van der Waals surface area (Å²) in [7, 11) is 3.33. The summed E-state index contributed by atoms with van der Waals surface area (Å²) < 4.78 is 0. The molecule has 0 saturated carbocycles. The molecule has 2 N–H and O–H groups in total. The molecule has 4 rings (SSSR count). The molecule has 3 aromatic rings. The second kappa shape index (κ2) is 7.56. The number of anilines is 1. The average Bonchev–Trinajstić information content (AvgIpc) is 3.06. The first-order chi connectivity index (χ1) is 13.8. The average molecular weight is 410 g/mol. The summed E-state index contributed by atoms with van der Waals surface area (Å²) in [5, 5.41) is 4.39. The molecule has 0 aliphatic heterocycles. The lowest BCUT2D eigenvalue weighted by molar-refractivity contribution is 0.0827. The smallest absolute Gasteiger partial charge is 0.257 e. The molecule has 0 radical (unpaired) electrons. The maximum Gasteiger partial charge on any atom is 0.257 e. The number of carbonyl (C=O) groups excluding carboxylic acids is 2. The maximum atomic E-state index is 13.0. The van der Waals surface area contributed by atoms with Gasteiger partial charge in [-0.25, -0.2) is 0 Å². The Hall–Kier alpha value is -2.79. The topological polar surface area (TPSA) is 65.2 Å². The number of aryl methyl sites for hydroxylation is 1. The number of hydrogen-bond acceptors (Lipinski definition) is 2. The molecule has 1 unspecified atom stereocenters. The Labute approximate surface area is 175 Å². The highest BCUT2D eigenvalue weighted by Crippen LogP contribution is 2.33. The largest absolute Gasteiger partial charge is 0.358 e. The fourth-order valence-electron chi connectivity index (χ4n) is 4.01. The van der Waals surface area contributed by atoms with Crippen molar-refractivity contribution in [1.29, 1.82) is 0 Å². The lowest BCUT2D eigenvalue weighted by atomic mass is 9.87. The molecule has 0 fully saturated rings. The quantitative estimate of drug-likeness (QED) is 0.646. The number of rotatable bonds is 3. The first-order valence-corrected chi connectivity index (χ1v) is 10.2. The van der Waals surface area contributed by atoms with Gasteiger partial charge in [-0.05, 0) is 55.0 Å². The van der Waals surface area contributed by atoms with Crippen molar-refractivity contribution in [3.05, 3.63) is 63.8 Å². The maximum absolute atomic E-state index is 13.0. The number of benzene rings is 2. The van der Waals surface area contributed by atoms with E-state index in [4.69, 9.17) is 11.6 Å². The van der Waals surface area contributed by atoms with Gasteiger partial charge in [0.05, 0.1) is 21.7 Å². The fourth-order valence-corrected chi connectivity index (χ4v) is 4.21. The minimum Gasteiger partial charge on any atom is -0.358 e. The Balaban J connectivity index is 1.67. The molecule has 0 saturated heterocycles. The van der Waals surface area contributed by atoms with E-state index in [9.17, 15) is 9.59 Å². The van der Waals surface area contributed by atoms with Crippen LogP contribution >= 0.6 is 11.6 Å². The summed E-state index contributed by atoms with van der Waals surface area (Å²) in [6.07, 6.45) is 3.21. The Morgan fingerprint density at radius 1 is 1.17 bits per heavy atom. The predicted octanol–water partition coefficient (Wildman–Crippen LogP) is 4.90. The zero-order valence-corrected chi connectivity index (χ0v) is 17.6. The number of aromatic nitrogens is 1. The molecule has 0 spiro atoms. The second-order valence-corrected chi connectivity index (χ2v) is 8.41. The Morgan fingerprint density at radius 3 is 2.72 bits per heavy atom. The molecule has 29 heavy (non-hydrogen) atoms. The molecule has 2 amide bonds. The molecule has 150 valence electrons. The number of halogens is 1. The SMILES string of the molecule is CC1CCc2[nH]c3c(C(=O)Nc4ccc(Cl)c(C(=O)N(C)C)c4)cccc3c2C1. The van der Waals surface area contributed by atoms with Crippen LogP contribution in [0.15, 0.2) is 36.4 Å². The van der Waals surface area contributed by atoms with Gasteiger partial charge in [-0.1, -0.05) is 30.7 Å². The number of hydrogen-bond donors (Lipinski definition) is 2. The van der Waals surface area contributed by atoms with Gasteiger partial charge in [-0.15, -0.1) is 0 Å². The first kappa shape index (κ1) is 19.5. The van der Waals surface area contributed by atoms with E-state index < -0.39 is 0 Å². The van der Waals surface area contributed by atoms with E-state index in [1.165, 1.54) is 16.2 Å². The predicted molar refractivity (Wildman–Crippen MR) is 117 cm³/mol. The minimum absolute atomic E-state index is 0.209. The van der Waals surface area contributed by atoms with E-state index in [2.05, 4.69) is 23.3 Å². The van der Waals surface area contributed by atoms with Crippen molar-refractivity contribution in [3.8, 4) is 0 Å². The normalized spacial score (nSPS) is 15.8. The van der Waals surface area contributed by atoms with E-state index in [0.717, 1.165) is 30.2 Å². The van der Waals surface area contributed by atoms with Crippen LogP contribution in [0.5, 0.6) is 0 Å². The second-order valence-electron chi connectivity index (χ2n) is 8.01. The van der Waals surface area contributed by atoms with Gasteiger partial charge in [0.2, 0.25) is 0 Å². The lowest BCUT2D eigenvalue weighted by Crippen LogP contribution is -2.22. The van der Waals surface area contributed by atoms with Crippen LogP contribution in [0.2, 0.25) is 5.02 Å². The number of nitrogens with zero attached hydrogens (tertiary/aromatic N) is 1. The Kier molecular flexibility index (Phi) is 5.09. The van der Waals surface area contributed by atoms with Gasteiger partial charge in [0.25, 0.3) is 11.8 Å². The number of aromatic amines is 1. The van der Waals surface area contributed by atoms with E-state index >= 15 is 0 Å². The van der Waals surface area contributed by atoms with Crippen LogP contribution in [0.25, 0.3) is 10.9 Å². The van der Waals surface area contributed by atoms with E-state index in [1.807, 2.05) is 12.1 Å². The van der Waals surface area contributed by atoms with Gasteiger partial charge >= 0.3 is 0 Å². The van der Waals surface area contributed by atoms with Gasteiger partial charge in [-0.3, -0.25) is 9.59 Å². The summed E-state index contributed by atoms with van der Waals surface area (Å²) >= 11 is 6.17. The molecule has 6 heteroatoms. The summed E-state index contributed by atoms with van der Waals surface area (Å²) in [4.78, 5) is 30.3. The summed E-state index contributed by atoms with van der Waals surface area (Å²) in [6, 6.07) is 10.8. The van der Waals surface area contributed by atoms with Crippen molar-refractivity contribution in [2.45, 2.75) is 26.2 Å². The van der Waals surface area contributed by atoms with E-state index in [1.54, 1.807) is 32.3 Å². The van der Waals surface area contributed by atoms with Gasteiger partial charge in [0.1, 0.15) is 0 Å². The number of fused-ring (bicyclic) bond motifs is 3. The highest BCUT2D eigenvalue weighted by Gasteiger charge is 2.22.